The summed E-state index contributed by atoms with van der Waals surface area (Å²) in [4.78, 5) is 39.8. The van der Waals surface area contributed by atoms with Crippen LogP contribution in [-0.4, -0.2) is 47.4 Å². The van der Waals surface area contributed by atoms with E-state index in [2.05, 4.69) is 16.0 Å². The Kier molecular flexibility index (Phi) is 5.97. The topological polar surface area (TPSA) is 90.5 Å². The van der Waals surface area contributed by atoms with E-state index in [-0.39, 0.29) is 24.1 Å². The van der Waals surface area contributed by atoms with Crippen LogP contribution in [0.2, 0.25) is 0 Å². The van der Waals surface area contributed by atoms with Gasteiger partial charge in [0.15, 0.2) is 0 Å². The zero-order valence-electron chi connectivity index (χ0n) is 17.7. The van der Waals surface area contributed by atoms with Crippen molar-refractivity contribution in [2.75, 3.05) is 18.4 Å². The molecule has 2 atom stereocenters. The third-order valence-corrected chi connectivity index (χ3v) is 6.90. The van der Waals surface area contributed by atoms with Gasteiger partial charge in [0.25, 0.3) is 5.91 Å². The number of benzene rings is 1. The Morgan fingerprint density at radius 3 is 2.73 bits per heavy atom. The van der Waals surface area contributed by atoms with Gasteiger partial charge < -0.3 is 20.9 Å². The lowest BCUT2D eigenvalue weighted by Crippen LogP contribution is -2.58. The number of rotatable bonds is 4. The summed E-state index contributed by atoms with van der Waals surface area (Å²) >= 11 is 0. The molecule has 2 aliphatic heterocycles. The molecule has 7 heteroatoms. The van der Waals surface area contributed by atoms with E-state index in [4.69, 9.17) is 0 Å². The monoisotopic (exact) mass is 412 g/mol. The number of nitrogens with one attached hydrogen (secondary N) is 3. The minimum absolute atomic E-state index is 0.0397. The van der Waals surface area contributed by atoms with Gasteiger partial charge in [0.1, 0.15) is 11.7 Å². The highest BCUT2D eigenvalue weighted by Gasteiger charge is 2.41. The Hall–Kier alpha value is -2.57. The molecule has 1 spiro atoms. The molecule has 0 unspecified atom stereocenters. The van der Waals surface area contributed by atoms with Crippen molar-refractivity contribution in [3.63, 3.8) is 0 Å². The van der Waals surface area contributed by atoms with Gasteiger partial charge in [-0.05, 0) is 44.2 Å². The maximum atomic E-state index is 12.8. The predicted molar refractivity (Wildman–Crippen MR) is 115 cm³/mol. The van der Waals surface area contributed by atoms with Crippen molar-refractivity contribution in [2.24, 2.45) is 5.92 Å². The zero-order chi connectivity index (χ0) is 21.1. The highest BCUT2D eigenvalue weighted by molar-refractivity contribution is 6.02. The van der Waals surface area contributed by atoms with E-state index in [1.165, 1.54) is 32.1 Å². The molecule has 7 nitrogen and oxygen atoms in total. The van der Waals surface area contributed by atoms with Gasteiger partial charge in [-0.3, -0.25) is 14.4 Å². The van der Waals surface area contributed by atoms with Crippen molar-refractivity contribution in [3.05, 3.63) is 29.8 Å². The molecule has 1 aromatic carbocycles. The first-order valence-electron chi connectivity index (χ1n) is 11.2. The molecule has 3 aliphatic rings. The van der Waals surface area contributed by atoms with Gasteiger partial charge in [-0.25, -0.2) is 0 Å². The number of hydrogen-bond donors (Lipinski definition) is 3. The van der Waals surface area contributed by atoms with E-state index in [9.17, 15) is 14.4 Å². The Bertz CT molecular complexity index is 820. The molecule has 3 N–H and O–H groups in total. The number of carbonyl (C=O) groups is 3. The number of nitrogens with zero attached hydrogens (tertiary/aromatic N) is 1. The summed E-state index contributed by atoms with van der Waals surface area (Å²) in [5, 5.41) is 9.59. The number of fused-ring (bicyclic) bond motifs is 1. The van der Waals surface area contributed by atoms with E-state index in [1.54, 1.807) is 17.9 Å². The molecule has 0 aromatic heterocycles. The normalized spacial score (nSPS) is 25.7. The van der Waals surface area contributed by atoms with E-state index in [1.807, 2.05) is 18.2 Å². The van der Waals surface area contributed by atoms with Crippen molar-refractivity contribution in [2.45, 2.75) is 70.0 Å². The number of hydrogen-bond acceptors (Lipinski definition) is 4. The van der Waals surface area contributed by atoms with Crippen molar-refractivity contribution >= 4 is 23.4 Å². The van der Waals surface area contributed by atoms with Gasteiger partial charge in [0.05, 0.1) is 5.56 Å². The van der Waals surface area contributed by atoms with Crippen LogP contribution in [0.15, 0.2) is 24.3 Å². The van der Waals surface area contributed by atoms with Crippen LogP contribution in [0.5, 0.6) is 0 Å². The largest absolute Gasteiger partial charge is 0.362 e. The summed E-state index contributed by atoms with van der Waals surface area (Å²) < 4.78 is 0. The zero-order valence-corrected chi connectivity index (χ0v) is 17.7. The summed E-state index contributed by atoms with van der Waals surface area (Å²) in [7, 11) is 0. The molecule has 0 radical (unpaired) electrons. The first-order valence-corrected chi connectivity index (χ1v) is 11.2. The molecule has 2 fully saturated rings. The Morgan fingerprint density at radius 1 is 1.17 bits per heavy atom. The fourth-order valence-electron chi connectivity index (χ4n) is 4.97. The van der Waals surface area contributed by atoms with Crippen LogP contribution in [0, 0.1) is 5.92 Å². The van der Waals surface area contributed by atoms with Crippen LogP contribution in [0.25, 0.3) is 0 Å². The van der Waals surface area contributed by atoms with Crippen LogP contribution in [-0.2, 0) is 9.59 Å². The summed E-state index contributed by atoms with van der Waals surface area (Å²) in [5.74, 6) is 0.307. The Morgan fingerprint density at radius 2 is 1.93 bits per heavy atom. The minimum atomic E-state index is -0.659. The van der Waals surface area contributed by atoms with Crippen LogP contribution < -0.4 is 16.0 Å². The highest BCUT2D eigenvalue weighted by Crippen LogP contribution is 2.32. The number of likely N-dealkylation sites (tertiary alicyclic amines) is 1. The van der Waals surface area contributed by atoms with E-state index in [0.717, 1.165) is 5.69 Å². The van der Waals surface area contributed by atoms with Crippen LogP contribution in [0.1, 0.15) is 68.6 Å². The lowest BCUT2D eigenvalue weighted by molar-refractivity contribution is -0.139. The molecule has 30 heavy (non-hydrogen) atoms. The molecule has 1 saturated carbocycles. The van der Waals surface area contributed by atoms with Gasteiger partial charge >= 0.3 is 0 Å². The summed E-state index contributed by atoms with van der Waals surface area (Å²) in [6.07, 6.45) is 7.46. The summed E-state index contributed by atoms with van der Waals surface area (Å²) in [6.45, 7) is 2.92. The van der Waals surface area contributed by atoms with Crippen molar-refractivity contribution in [1.82, 2.24) is 15.5 Å². The average molecular weight is 413 g/mol. The standard InChI is InChI=1S/C23H32N4O3/c1-16(21(29)24-15-17-7-3-2-4-8-17)27-14-13-23(12-11-20(27)28)25-19-10-6-5-9-18(19)22(30)26-23/h5-6,9-10,16-17,25H,2-4,7-8,11-15H2,1H3,(H,24,29)(H,26,30)/t16-,23-/m1/s1. The number of anilines is 1. The second-order valence-corrected chi connectivity index (χ2v) is 8.97. The summed E-state index contributed by atoms with van der Waals surface area (Å²) in [5.41, 5.74) is 0.750. The Labute approximate surface area is 178 Å². The van der Waals surface area contributed by atoms with Crippen molar-refractivity contribution < 1.29 is 14.4 Å². The van der Waals surface area contributed by atoms with Crippen LogP contribution in [0.4, 0.5) is 5.69 Å². The molecule has 2 heterocycles. The van der Waals surface area contributed by atoms with E-state index >= 15 is 0 Å². The molecule has 1 aromatic rings. The smallest absolute Gasteiger partial charge is 0.255 e. The third-order valence-electron chi connectivity index (χ3n) is 6.90. The van der Waals surface area contributed by atoms with Gasteiger partial charge in [-0.1, -0.05) is 31.4 Å². The fraction of sp³-hybridized carbons (Fsp3) is 0.609. The minimum Gasteiger partial charge on any atom is -0.362 e. The number of para-hydroxylation sites is 1. The molecular weight excluding hydrogens is 380 g/mol. The number of carbonyl (C=O) groups excluding carboxylic acids is 3. The van der Waals surface area contributed by atoms with Gasteiger partial charge in [-0.15, -0.1) is 0 Å². The second kappa shape index (κ2) is 8.66. The third kappa shape index (κ3) is 4.30. The average Bonchev–Trinajstić information content (AvgIpc) is 2.91. The van der Waals surface area contributed by atoms with Gasteiger partial charge in [-0.2, -0.15) is 0 Å². The number of amides is 3. The quantitative estimate of drug-likeness (QED) is 0.709. The van der Waals surface area contributed by atoms with Crippen molar-refractivity contribution in [1.29, 1.82) is 0 Å². The first kappa shape index (κ1) is 20.7. The SMILES string of the molecule is C[C@H](C(=O)NCC1CCCCC1)N1CC[C@@]2(CCC1=O)NC(=O)c1ccccc1N2. The molecule has 0 bridgehead atoms. The summed E-state index contributed by atoms with van der Waals surface area (Å²) in [6, 6.07) is 6.90. The van der Waals surface area contributed by atoms with E-state index in [0.29, 0.717) is 37.4 Å². The van der Waals surface area contributed by atoms with Gasteiger partial charge in [0.2, 0.25) is 11.8 Å². The van der Waals surface area contributed by atoms with Crippen LogP contribution in [0.3, 0.4) is 0 Å². The maximum absolute atomic E-state index is 12.8. The first-order chi connectivity index (χ1) is 14.5. The highest BCUT2D eigenvalue weighted by atomic mass is 16.2. The van der Waals surface area contributed by atoms with E-state index < -0.39 is 11.7 Å². The van der Waals surface area contributed by atoms with Crippen LogP contribution >= 0.6 is 0 Å². The maximum Gasteiger partial charge on any atom is 0.255 e. The van der Waals surface area contributed by atoms with Gasteiger partial charge in [0, 0.05) is 31.6 Å². The molecule has 4 rings (SSSR count). The molecule has 3 amide bonds. The fourth-order valence-corrected chi connectivity index (χ4v) is 4.97. The Balaban J connectivity index is 1.39. The lowest BCUT2D eigenvalue weighted by Gasteiger charge is -2.40. The second-order valence-electron chi connectivity index (χ2n) is 8.97. The molecule has 1 saturated heterocycles. The molecule has 1 aliphatic carbocycles. The lowest BCUT2D eigenvalue weighted by atomic mass is 9.89. The predicted octanol–water partition coefficient (Wildman–Crippen LogP) is 2.64. The molecule has 162 valence electrons. The van der Waals surface area contributed by atoms with Crippen molar-refractivity contribution in [3.8, 4) is 0 Å². The molecular formula is C23H32N4O3.